The van der Waals surface area contributed by atoms with Gasteiger partial charge in [-0.2, -0.15) is 9.40 Å². The fourth-order valence-electron chi connectivity index (χ4n) is 4.02. The molecular weight excluding hydrogens is 383 g/mol. The van der Waals surface area contributed by atoms with Crippen molar-refractivity contribution in [2.24, 2.45) is 0 Å². The van der Waals surface area contributed by atoms with Crippen molar-refractivity contribution in [2.75, 3.05) is 19.7 Å². The first-order valence-corrected chi connectivity index (χ1v) is 10.7. The summed E-state index contributed by atoms with van der Waals surface area (Å²) in [5, 5.41) is 4.15. The van der Waals surface area contributed by atoms with Crippen LogP contribution in [0.1, 0.15) is 29.9 Å². The molecule has 5 rings (SSSR count). The summed E-state index contributed by atoms with van der Waals surface area (Å²) in [6, 6.07) is 6.54. The summed E-state index contributed by atoms with van der Waals surface area (Å²) in [4.78, 5) is 3.88. The van der Waals surface area contributed by atoms with E-state index in [9.17, 15) is 12.8 Å². The first-order chi connectivity index (χ1) is 13.5. The molecule has 0 amide bonds. The molecule has 0 spiro atoms. The van der Waals surface area contributed by atoms with Crippen molar-refractivity contribution in [3.8, 4) is 5.75 Å². The number of fused-ring (bicyclic) bond motifs is 2. The third-order valence-electron chi connectivity index (χ3n) is 5.58. The molecular formula is C19H19FN4O3S. The van der Waals surface area contributed by atoms with E-state index in [1.165, 1.54) is 22.8 Å². The van der Waals surface area contributed by atoms with Crippen LogP contribution in [0.15, 0.2) is 41.7 Å². The second-order valence-corrected chi connectivity index (χ2v) is 9.10. The molecule has 1 saturated heterocycles. The van der Waals surface area contributed by atoms with Gasteiger partial charge >= 0.3 is 0 Å². The predicted molar refractivity (Wildman–Crippen MR) is 99.3 cm³/mol. The average molecular weight is 402 g/mol. The highest BCUT2D eigenvalue weighted by molar-refractivity contribution is 7.89. The fourth-order valence-corrected chi connectivity index (χ4v) is 5.58. The largest absolute Gasteiger partial charge is 0.493 e. The van der Waals surface area contributed by atoms with Crippen LogP contribution < -0.4 is 4.74 Å². The van der Waals surface area contributed by atoms with E-state index in [1.807, 2.05) is 18.3 Å². The molecule has 0 aliphatic carbocycles. The van der Waals surface area contributed by atoms with Crippen molar-refractivity contribution < 1.29 is 17.5 Å². The number of hydrogen-bond donors (Lipinski definition) is 0. The van der Waals surface area contributed by atoms with E-state index >= 15 is 0 Å². The van der Waals surface area contributed by atoms with Crippen LogP contribution in [0.5, 0.6) is 5.75 Å². The molecule has 2 aliphatic heterocycles. The van der Waals surface area contributed by atoms with Crippen molar-refractivity contribution in [1.82, 2.24) is 18.9 Å². The van der Waals surface area contributed by atoms with Crippen molar-refractivity contribution in [3.63, 3.8) is 0 Å². The number of aromatic nitrogens is 3. The molecule has 9 heteroatoms. The molecule has 0 N–H and O–H groups in total. The number of hydrogen-bond acceptors (Lipinski definition) is 5. The maximum Gasteiger partial charge on any atom is 0.245 e. The first kappa shape index (κ1) is 17.6. The molecule has 0 radical (unpaired) electrons. The monoisotopic (exact) mass is 402 g/mol. The van der Waals surface area contributed by atoms with Gasteiger partial charge in [0, 0.05) is 31.8 Å². The van der Waals surface area contributed by atoms with E-state index in [-0.39, 0.29) is 10.8 Å². The van der Waals surface area contributed by atoms with Crippen molar-refractivity contribution >= 4 is 15.7 Å². The van der Waals surface area contributed by atoms with E-state index < -0.39 is 15.8 Å². The van der Waals surface area contributed by atoms with Crippen molar-refractivity contribution in [3.05, 3.63) is 53.7 Å². The number of nitrogens with zero attached hydrogens (tertiary/aromatic N) is 4. The Bertz CT molecular complexity index is 1150. The highest BCUT2D eigenvalue weighted by Crippen LogP contribution is 2.34. The molecule has 4 heterocycles. The molecule has 146 valence electrons. The van der Waals surface area contributed by atoms with Gasteiger partial charge in [-0.1, -0.05) is 6.07 Å². The van der Waals surface area contributed by atoms with Crippen LogP contribution in [0.2, 0.25) is 0 Å². The fraction of sp³-hybridized carbons (Fsp3) is 0.368. The second-order valence-electron chi connectivity index (χ2n) is 7.19. The minimum absolute atomic E-state index is 0.235. The van der Waals surface area contributed by atoms with E-state index in [2.05, 4.69) is 10.1 Å². The Kier molecular flexibility index (Phi) is 4.09. The van der Waals surface area contributed by atoms with Gasteiger partial charge in [0.15, 0.2) is 5.65 Å². The van der Waals surface area contributed by atoms with Crippen LogP contribution in [0.4, 0.5) is 4.39 Å². The minimum Gasteiger partial charge on any atom is -0.493 e. The summed E-state index contributed by atoms with van der Waals surface area (Å²) >= 11 is 0. The maximum atomic E-state index is 14.5. The summed E-state index contributed by atoms with van der Waals surface area (Å²) in [7, 11) is -3.87. The number of ether oxygens (including phenoxy) is 1. The zero-order chi connectivity index (χ0) is 19.3. The van der Waals surface area contributed by atoms with Crippen LogP contribution in [0.25, 0.3) is 5.65 Å². The van der Waals surface area contributed by atoms with E-state index in [4.69, 9.17) is 4.74 Å². The van der Waals surface area contributed by atoms with Crippen LogP contribution in [0, 0.1) is 5.82 Å². The molecule has 3 aromatic rings. The Balaban J connectivity index is 1.36. The quantitative estimate of drug-likeness (QED) is 0.672. The van der Waals surface area contributed by atoms with Gasteiger partial charge < -0.3 is 4.74 Å². The lowest BCUT2D eigenvalue weighted by molar-refractivity contribution is 0.318. The standard InChI is InChI=1S/C19H19FN4O3S/c20-16-10-17-14(5-8-27-17)9-18(16)28(25,26)23-6-3-13(4-7-23)15-1-2-19-21-12-22-24(19)11-15/h1-2,9-13H,3-8H2. The minimum atomic E-state index is -3.87. The van der Waals surface area contributed by atoms with Crippen LogP contribution in [-0.2, 0) is 16.4 Å². The van der Waals surface area contributed by atoms with Crippen molar-refractivity contribution in [2.45, 2.75) is 30.1 Å². The Morgan fingerprint density at radius 3 is 2.82 bits per heavy atom. The molecule has 28 heavy (non-hydrogen) atoms. The third-order valence-corrected chi connectivity index (χ3v) is 7.50. The Hall–Kier alpha value is -2.52. The van der Waals surface area contributed by atoms with Gasteiger partial charge in [-0.05, 0) is 42.0 Å². The van der Waals surface area contributed by atoms with E-state index in [0.717, 1.165) is 16.8 Å². The summed E-state index contributed by atoms with van der Waals surface area (Å²) in [6.45, 7) is 1.17. The van der Waals surface area contributed by atoms with Gasteiger partial charge in [0.1, 0.15) is 22.8 Å². The smallest absolute Gasteiger partial charge is 0.245 e. The zero-order valence-electron chi connectivity index (χ0n) is 15.1. The molecule has 2 aromatic heterocycles. The van der Waals surface area contributed by atoms with Gasteiger partial charge in [0.25, 0.3) is 0 Å². The lowest BCUT2D eigenvalue weighted by Gasteiger charge is -2.31. The molecule has 0 atom stereocenters. The van der Waals surface area contributed by atoms with Crippen LogP contribution in [0.3, 0.4) is 0 Å². The molecule has 1 fully saturated rings. The normalized spacial score (nSPS) is 18.3. The molecule has 7 nitrogen and oxygen atoms in total. The third kappa shape index (κ3) is 2.85. The van der Waals surface area contributed by atoms with Gasteiger partial charge in [-0.3, -0.25) is 0 Å². The molecule has 0 bridgehead atoms. The van der Waals surface area contributed by atoms with Gasteiger partial charge in [0.05, 0.1) is 6.61 Å². The molecule has 2 aliphatic rings. The van der Waals surface area contributed by atoms with Crippen LogP contribution in [-0.4, -0.2) is 47.0 Å². The lowest BCUT2D eigenvalue weighted by atomic mass is 9.91. The Morgan fingerprint density at radius 2 is 2.00 bits per heavy atom. The molecule has 0 unspecified atom stereocenters. The topological polar surface area (TPSA) is 76.8 Å². The first-order valence-electron chi connectivity index (χ1n) is 9.27. The zero-order valence-corrected chi connectivity index (χ0v) is 15.9. The van der Waals surface area contributed by atoms with Crippen molar-refractivity contribution in [1.29, 1.82) is 0 Å². The number of pyridine rings is 1. The SMILES string of the molecule is O=S(=O)(c1cc2c(cc1F)OCC2)N1CCC(c2ccc3ncnn3c2)CC1. The summed E-state index contributed by atoms with van der Waals surface area (Å²) in [5.74, 6) is -0.0728. The Labute approximate surface area is 161 Å². The summed E-state index contributed by atoms with van der Waals surface area (Å²) in [6.07, 6.45) is 5.40. The lowest BCUT2D eigenvalue weighted by Crippen LogP contribution is -2.38. The number of sulfonamides is 1. The van der Waals surface area contributed by atoms with Crippen LogP contribution >= 0.6 is 0 Å². The predicted octanol–water partition coefficient (Wildman–Crippen LogP) is 2.37. The number of benzene rings is 1. The number of rotatable bonds is 3. The summed E-state index contributed by atoms with van der Waals surface area (Å²) < 4.78 is 48.9. The highest BCUT2D eigenvalue weighted by atomic mass is 32.2. The van der Waals surface area contributed by atoms with Gasteiger partial charge in [-0.25, -0.2) is 22.3 Å². The van der Waals surface area contributed by atoms with Gasteiger partial charge in [-0.15, -0.1) is 0 Å². The van der Waals surface area contributed by atoms with E-state index in [0.29, 0.717) is 44.7 Å². The Morgan fingerprint density at radius 1 is 1.18 bits per heavy atom. The molecule has 1 aromatic carbocycles. The number of piperidine rings is 1. The number of halogens is 1. The highest BCUT2D eigenvalue weighted by Gasteiger charge is 2.33. The average Bonchev–Trinajstić information content (AvgIpc) is 3.35. The van der Waals surface area contributed by atoms with E-state index in [1.54, 1.807) is 4.52 Å². The maximum absolute atomic E-state index is 14.5. The molecule has 0 saturated carbocycles. The van der Waals surface area contributed by atoms with Gasteiger partial charge in [0.2, 0.25) is 10.0 Å². The summed E-state index contributed by atoms with van der Waals surface area (Å²) in [5.41, 5.74) is 2.63. The second kappa shape index (κ2) is 6.52.